The lowest BCUT2D eigenvalue weighted by molar-refractivity contribution is 0.220. The molecule has 2 heterocycles. The second-order valence-electron chi connectivity index (χ2n) is 4.59. The van der Waals surface area contributed by atoms with Crippen LogP contribution in [0.4, 0.5) is 0 Å². The quantitative estimate of drug-likeness (QED) is 0.810. The smallest absolute Gasteiger partial charge is 0.107 e. The first-order valence-corrected chi connectivity index (χ1v) is 7.28. The minimum Gasteiger partial charge on any atom is -0.396 e. The number of hydrogen-bond acceptors (Lipinski definition) is 5. The van der Waals surface area contributed by atoms with Crippen molar-refractivity contribution in [1.82, 2.24) is 15.3 Å². The van der Waals surface area contributed by atoms with Crippen LogP contribution in [0.5, 0.6) is 0 Å². The van der Waals surface area contributed by atoms with E-state index in [0.717, 1.165) is 35.9 Å². The van der Waals surface area contributed by atoms with E-state index in [-0.39, 0.29) is 12.5 Å². The highest BCUT2D eigenvalue weighted by atomic mass is 32.1. The molecule has 0 aliphatic carbocycles. The van der Waals surface area contributed by atoms with E-state index in [0.29, 0.717) is 0 Å². The molecule has 0 bridgehead atoms. The van der Waals surface area contributed by atoms with Gasteiger partial charge in [0.05, 0.1) is 0 Å². The number of aliphatic hydroxyl groups is 1. The number of aryl methyl sites for hydroxylation is 1. The summed E-state index contributed by atoms with van der Waals surface area (Å²) in [5, 5.41) is 15.9. The molecule has 0 amide bonds. The summed E-state index contributed by atoms with van der Waals surface area (Å²) in [5.41, 5.74) is 2.09. The predicted octanol–water partition coefficient (Wildman–Crippen LogP) is 1.79. The Morgan fingerprint density at radius 2 is 2.32 bits per heavy atom. The highest BCUT2D eigenvalue weighted by Gasteiger charge is 2.09. The van der Waals surface area contributed by atoms with Gasteiger partial charge in [-0.25, -0.2) is 4.98 Å². The van der Waals surface area contributed by atoms with E-state index in [2.05, 4.69) is 20.7 Å². The number of hydrogen-bond donors (Lipinski definition) is 2. The van der Waals surface area contributed by atoms with E-state index in [1.165, 1.54) is 0 Å². The zero-order valence-electron chi connectivity index (χ0n) is 11.0. The average molecular weight is 277 g/mol. The summed E-state index contributed by atoms with van der Waals surface area (Å²) in [6.45, 7) is 3.70. The number of nitrogens with zero attached hydrogens (tertiary/aromatic N) is 2. The maximum Gasteiger partial charge on any atom is 0.107 e. The fourth-order valence-electron chi connectivity index (χ4n) is 1.88. The zero-order chi connectivity index (χ0) is 13.5. The monoisotopic (exact) mass is 277 g/mol. The van der Waals surface area contributed by atoms with E-state index in [9.17, 15) is 5.11 Å². The molecular weight excluding hydrogens is 258 g/mol. The normalized spacial score (nSPS) is 12.5. The van der Waals surface area contributed by atoms with Crippen molar-refractivity contribution in [2.75, 3.05) is 13.2 Å². The van der Waals surface area contributed by atoms with Crippen LogP contribution in [0, 0.1) is 12.8 Å². The number of aromatic nitrogens is 2. The predicted molar refractivity (Wildman–Crippen MR) is 77.1 cm³/mol. The zero-order valence-corrected chi connectivity index (χ0v) is 11.9. The fourth-order valence-corrected chi connectivity index (χ4v) is 2.62. The third-order valence-corrected chi connectivity index (χ3v) is 3.82. The van der Waals surface area contributed by atoms with Gasteiger partial charge in [0, 0.05) is 42.7 Å². The van der Waals surface area contributed by atoms with E-state index in [1.54, 1.807) is 17.5 Å². The summed E-state index contributed by atoms with van der Waals surface area (Å²) < 4.78 is 0. The molecule has 0 fully saturated rings. The van der Waals surface area contributed by atoms with Crippen molar-refractivity contribution in [1.29, 1.82) is 0 Å². The molecule has 0 aromatic carbocycles. The van der Waals surface area contributed by atoms with Gasteiger partial charge in [-0.2, -0.15) is 0 Å². The van der Waals surface area contributed by atoms with Gasteiger partial charge in [0.15, 0.2) is 0 Å². The van der Waals surface area contributed by atoms with Crippen LogP contribution in [0.2, 0.25) is 0 Å². The highest BCUT2D eigenvalue weighted by molar-refractivity contribution is 7.09. The lowest BCUT2D eigenvalue weighted by atomic mass is 10.0. The third-order valence-electron chi connectivity index (χ3n) is 2.86. The van der Waals surface area contributed by atoms with Gasteiger partial charge in [0.1, 0.15) is 5.01 Å². The lowest BCUT2D eigenvalue weighted by Gasteiger charge is -2.14. The Bertz CT molecular complexity index is 486. The molecule has 2 rings (SSSR count). The highest BCUT2D eigenvalue weighted by Crippen LogP contribution is 2.09. The summed E-state index contributed by atoms with van der Waals surface area (Å²) in [4.78, 5) is 8.69. The molecule has 0 saturated heterocycles. The van der Waals surface area contributed by atoms with Gasteiger partial charge in [0.2, 0.25) is 0 Å². The van der Waals surface area contributed by atoms with Crippen LogP contribution >= 0.6 is 11.3 Å². The Morgan fingerprint density at radius 1 is 1.42 bits per heavy atom. The third kappa shape index (κ3) is 4.70. The number of pyridine rings is 1. The van der Waals surface area contributed by atoms with Crippen LogP contribution in [0.15, 0.2) is 29.8 Å². The molecule has 0 aliphatic rings. The van der Waals surface area contributed by atoms with Crippen molar-refractivity contribution in [2.45, 2.75) is 19.9 Å². The van der Waals surface area contributed by atoms with Crippen molar-refractivity contribution in [3.8, 4) is 0 Å². The van der Waals surface area contributed by atoms with Gasteiger partial charge in [-0.1, -0.05) is 6.07 Å². The second-order valence-corrected chi connectivity index (χ2v) is 5.53. The van der Waals surface area contributed by atoms with Gasteiger partial charge in [-0.05, 0) is 31.4 Å². The first-order valence-electron chi connectivity index (χ1n) is 6.40. The van der Waals surface area contributed by atoms with E-state index >= 15 is 0 Å². The van der Waals surface area contributed by atoms with E-state index in [4.69, 9.17) is 0 Å². The number of aliphatic hydroxyl groups excluding tert-OH is 1. The van der Waals surface area contributed by atoms with Gasteiger partial charge in [-0.15, -0.1) is 11.3 Å². The van der Waals surface area contributed by atoms with Crippen molar-refractivity contribution >= 4 is 11.3 Å². The van der Waals surface area contributed by atoms with Crippen LogP contribution < -0.4 is 5.32 Å². The SMILES string of the molecule is Cc1csc(CNCC(CO)Cc2ccccn2)n1. The Hall–Kier alpha value is -1.30. The van der Waals surface area contributed by atoms with Gasteiger partial charge < -0.3 is 10.4 Å². The van der Waals surface area contributed by atoms with Crippen LogP contribution in [0.1, 0.15) is 16.4 Å². The second kappa shape index (κ2) is 7.33. The molecule has 19 heavy (non-hydrogen) atoms. The molecule has 4 nitrogen and oxygen atoms in total. The van der Waals surface area contributed by atoms with Crippen LogP contribution in [-0.4, -0.2) is 28.2 Å². The van der Waals surface area contributed by atoms with Crippen molar-refractivity contribution in [3.05, 3.63) is 46.2 Å². The number of thiazole rings is 1. The maximum atomic E-state index is 9.41. The topological polar surface area (TPSA) is 58.0 Å². The molecule has 2 aromatic rings. The first-order chi connectivity index (χ1) is 9.28. The lowest BCUT2D eigenvalue weighted by Crippen LogP contribution is -2.26. The largest absolute Gasteiger partial charge is 0.396 e. The molecule has 2 aromatic heterocycles. The molecule has 0 spiro atoms. The van der Waals surface area contributed by atoms with E-state index < -0.39 is 0 Å². The Labute approximate surface area is 117 Å². The minimum absolute atomic E-state index is 0.167. The van der Waals surface area contributed by atoms with Crippen LogP contribution in [0.3, 0.4) is 0 Å². The molecule has 0 radical (unpaired) electrons. The molecule has 102 valence electrons. The summed E-state index contributed by atoms with van der Waals surface area (Å²) in [7, 11) is 0. The fraction of sp³-hybridized carbons (Fsp3) is 0.429. The van der Waals surface area contributed by atoms with Gasteiger partial charge in [-0.3, -0.25) is 4.98 Å². The van der Waals surface area contributed by atoms with Crippen molar-refractivity contribution in [2.24, 2.45) is 5.92 Å². The van der Waals surface area contributed by atoms with Crippen molar-refractivity contribution < 1.29 is 5.11 Å². The Morgan fingerprint density at radius 3 is 2.95 bits per heavy atom. The molecule has 0 saturated carbocycles. The molecule has 0 aliphatic heterocycles. The number of nitrogens with one attached hydrogen (secondary N) is 1. The van der Waals surface area contributed by atoms with E-state index in [1.807, 2.05) is 25.1 Å². The molecular formula is C14H19N3OS. The first kappa shape index (κ1) is 14.1. The minimum atomic E-state index is 0.167. The van der Waals surface area contributed by atoms with Crippen LogP contribution in [0.25, 0.3) is 0 Å². The summed E-state index contributed by atoms with van der Waals surface area (Å²) in [5.74, 6) is 0.191. The van der Waals surface area contributed by atoms with Crippen LogP contribution in [-0.2, 0) is 13.0 Å². The standard InChI is InChI=1S/C14H19N3OS/c1-11-10-19-14(17-11)8-15-7-12(9-18)6-13-4-2-3-5-16-13/h2-5,10,12,15,18H,6-9H2,1H3. The summed E-state index contributed by atoms with van der Waals surface area (Å²) in [6, 6.07) is 5.87. The van der Waals surface area contributed by atoms with Gasteiger partial charge >= 0.3 is 0 Å². The number of rotatable bonds is 7. The van der Waals surface area contributed by atoms with Crippen molar-refractivity contribution in [3.63, 3.8) is 0 Å². The average Bonchev–Trinajstić information content (AvgIpc) is 2.84. The molecule has 2 N–H and O–H groups in total. The summed E-state index contributed by atoms with van der Waals surface area (Å²) in [6.07, 6.45) is 2.58. The van der Waals surface area contributed by atoms with Gasteiger partial charge in [0.25, 0.3) is 0 Å². The Balaban J connectivity index is 1.76. The maximum absolute atomic E-state index is 9.41. The summed E-state index contributed by atoms with van der Waals surface area (Å²) >= 11 is 1.66. The Kier molecular flexibility index (Phi) is 5.44. The molecule has 1 unspecified atom stereocenters. The molecule has 1 atom stereocenters. The molecule has 5 heteroatoms.